The highest BCUT2D eigenvalue weighted by Gasteiger charge is 2.32. The lowest BCUT2D eigenvalue weighted by Crippen LogP contribution is -2.31. The number of nitrogens with one attached hydrogen (secondary N) is 1. The Morgan fingerprint density at radius 1 is 1.29 bits per heavy atom. The summed E-state index contributed by atoms with van der Waals surface area (Å²) in [6.45, 7) is 8.76. The first-order chi connectivity index (χ1) is 9.77. The van der Waals surface area contributed by atoms with Gasteiger partial charge in [-0.1, -0.05) is 32.4 Å². The Labute approximate surface area is 132 Å². The van der Waals surface area contributed by atoms with Crippen molar-refractivity contribution in [3.05, 3.63) is 23.0 Å². The average molecular weight is 309 g/mol. The van der Waals surface area contributed by atoms with Gasteiger partial charge in [0, 0.05) is 5.92 Å². The van der Waals surface area contributed by atoms with Gasteiger partial charge in [-0.15, -0.1) is 0 Å². The first-order valence-electron chi connectivity index (χ1n) is 7.70. The van der Waals surface area contributed by atoms with Gasteiger partial charge in [0.1, 0.15) is 5.15 Å². The first kappa shape index (κ1) is 16.3. The second-order valence-corrected chi connectivity index (χ2v) is 7.59. The van der Waals surface area contributed by atoms with Gasteiger partial charge in [0.15, 0.2) is 0 Å². The molecule has 0 spiro atoms. The molecule has 116 valence electrons. The van der Waals surface area contributed by atoms with E-state index in [0.29, 0.717) is 10.6 Å². The third kappa shape index (κ3) is 4.19. The number of pyridine rings is 1. The van der Waals surface area contributed by atoms with E-state index in [9.17, 15) is 4.79 Å². The molecule has 0 aromatic carbocycles. The minimum Gasteiger partial charge on any atom is -0.324 e. The third-order valence-corrected chi connectivity index (χ3v) is 5.00. The van der Waals surface area contributed by atoms with E-state index in [-0.39, 0.29) is 11.8 Å². The van der Waals surface area contributed by atoms with E-state index >= 15 is 0 Å². The molecule has 1 saturated carbocycles. The lowest BCUT2D eigenvalue weighted by Gasteiger charge is -2.36. The molecular formula is C17H25ClN2O. The van der Waals surface area contributed by atoms with Gasteiger partial charge in [0.2, 0.25) is 5.91 Å². The molecule has 1 amide bonds. The second-order valence-electron chi connectivity index (χ2n) is 7.24. The molecule has 3 nitrogen and oxygen atoms in total. The fraction of sp³-hybridized carbons (Fsp3) is 0.647. The Morgan fingerprint density at radius 2 is 1.90 bits per heavy atom. The molecule has 1 aliphatic rings. The van der Waals surface area contributed by atoms with E-state index in [1.807, 2.05) is 13.0 Å². The van der Waals surface area contributed by atoms with Gasteiger partial charge in [-0.25, -0.2) is 4.98 Å². The highest BCUT2D eigenvalue weighted by atomic mass is 35.5. The highest BCUT2D eigenvalue weighted by Crippen LogP contribution is 2.40. The van der Waals surface area contributed by atoms with Crippen LogP contribution in [0.1, 0.15) is 52.0 Å². The number of aromatic nitrogens is 1. The molecule has 0 saturated heterocycles. The maximum absolute atomic E-state index is 12.3. The topological polar surface area (TPSA) is 42.0 Å². The van der Waals surface area contributed by atoms with Crippen LogP contribution < -0.4 is 5.32 Å². The SMILES string of the molecule is Cc1cc(NC(=O)C2CCC(C(C)(C)C)CC2)cnc1Cl. The van der Waals surface area contributed by atoms with Crippen molar-refractivity contribution in [1.29, 1.82) is 0 Å². The number of nitrogens with zero attached hydrogens (tertiary/aromatic N) is 1. The molecule has 1 fully saturated rings. The molecule has 0 unspecified atom stereocenters. The second kappa shape index (κ2) is 6.35. The fourth-order valence-electron chi connectivity index (χ4n) is 3.09. The molecular weight excluding hydrogens is 284 g/mol. The Bertz CT molecular complexity index is 514. The average Bonchev–Trinajstić information content (AvgIpc) is 2.42. The zero-order valence-corrected chi connectivity index (χ0v) is 14.1. The van der Waals surface area contributed by atoms with Crippen molar-refractivity contribution in [2.75, 3.05) is 5.32 Å². The highest BCUT2D eigenvalue weighted by molar-refractivity contribution is 6.30. The van der Waals surface area contributed by atoms with E-state index in [1.165, 1.54) is 0 Å². The lowest BCUT2D eigenvalue weighted by molar-refractivity contribution is -0.121. The number of halogens is 1. The Hall–Kier alpha value is -1.09. The summed E-state index contributed by atoms with van der Waals surface area (Å²) in [5, 5.41) is 3.46. The summed E-state index contributed by atoms with van der Waals surface area (Å²) in [5.74, 6) is 0.964. The van der Waals surface area contributed by atoms with Crippen LogP contribution in [0.25, 0.3) is 0 Å². The minimum absolute atomic E-state index is 0.117. The predicted octanol–water partition coefficient (Wildman–Crippen LogP) is 4.83. The summed E-state index contributed by atoms with van der Waals surface area (Å²) < 4.78 is 0. The number of carbonyl (C=O) groups is 1. The van der Waals surface area contributed by atoms with Crippen LogP contribution in [-0.2, 0) is 4.79 Å². The molecule has 0 atom stereocenters. The van der Waals surface area contributed by atoms with E-state index in [1.54, 1.807) is 6.20 Å². The van der Waals surface area contributed by atoms with Crippen molar-refractivity contribution < 1.29 is 4.79 Å². The molecule has 0 bridgehead atoms. The van der Waals surface area contributed by atoms with Crippen LogP contribution in [0.15, 0.2) is 12.3 Å². The number of carbonyl (C=O) groups excluding carboxylic acids is 1. The number of aryl methyl sites for hydroxylation is 1. The Kier molecular flexibility index (Phi) is 4.92. The van der Waals surface area contributed by atoms with Gasteiger partial charge in [0.25, 0.3) is 0 Å². The van der Waals surface area contributed by atoms with Gasteiger partial charge >= 0.3 is 0 Å². The number of hydrogen-bond donors (Lipinski definition) is 1. The molecule has 21 heavy (non-hydrogen) atoms. The number of anilines is 1. The summed E-state index contributed by atoms with van der Waals surface area (Å²) in [4.78, 5) is 16.4. The molecule has 1 N–H and O–H groups in total. The number of amides is 1. The summed E-state index contributed by atoms with van der Waals surface area (Å²) in [6, 6.07) is 1.87. The molecule has 1 aromatic heterocycles. The molecule has 1 aliphatic carbocycles. The first-order valence-corrected chi connectivity index (χ1v) is 8.08. The van der Waals surface area contributed by atoms with Gasteiger partial charge in [0.05, 0.1) is 11.9 Å². The van der Waals surface area contributed by atoms with Crippen LogP contribution in [0.4, 0.5) is 5.69 Å². The van der Waals surface area contributed by atoms with Crippen molar-refractivity contribution in [3.63, 3.8) is 0 Å². The summed E-state index contributed by atoms with van der Waals surface area (Å²) in [5.41, 5.74) is 1.96. The van der Waals surface area contributed by atoms with Gasteiger partial charge in [-0.3, -0.25) is 4.79 Å². The third-order valence-electron chi connectivity index (χ3n) is 4.60. The zero-order chi connectivity index (χ0) is 15.6. The lowest BCUT2D eigenvalue weighted by atomic mass is 9.69. The van der Waals surface area contributed by atoms with Crippen LogP contribution >= 0.6 is 11.6 Å². The molecule has 0 aliphatic heterocycles. The monoisotopic (exact) mass is 308 g/mol. The summed E-state index contributed by atoms with van der Waals surface area (Å²) in [6.07, 6.45) is 5.86. The van der Waals surface area contributed by atoms with Gasteiger partial charge in [-0.05, 0) is 55.6 Å². The smallest absolute Gasteiger partial charge is 0.227 e. The van der Waals surface area contributed by atoms with Crippen molar-refractivity contribution >= 4 is 23.2 Å². The molecule has 2 rings (SSSR count). The number of hydrogen-bond acceptors (Lipinski definition) is 2. The van der Waals surface area contributed by atoms with Crippen LogP contribution in [0, 0.1) is 24.2 Å². The van der Waals surface area contributed by atoms with E-state index in [2.05, 4.69) is 31.1 Å². The molecule has 1 aromatic rings. The fourth-order valence-corrected chi connectivity index (χ4v) is 3.20. The van der Waals surface area contributed by atoms with E-state index in [4.69, 9.17) is 11.6 Å². The van der Waals surface area contributed by atoms with Gasteiger partial charge in [-0.2, -0.15) is 0 Å². The summed E-state index contributed by atoms with van der Waals surface area (Å²) in [7, 11) is 0. The van der Waals surface area contributed by atoms with Crippen molar-refractivity contribution in [3.8, 4) is 0 Å². The Morgan fingerprint density at radius 3 is 2.43 bits per heavy atom. The maximum Gasteiger partial charge on any atom is 0.227 e. The molecule has 4 heteroatoms. The standard InChI is InChI=1S/C17H25ClN2O/c1-11-9-14(10-19-15(11)18)20-16(21)12-5-7-13(8-6-12)17(2,3)4/h9-10,12-13H,5-8H2,1-4H3,(H,20,21). The van der Waals surface area contributed by atoms with Crippen LogP contribution in [-0.4, -0.2) is 10.9 Å². The maximum atomic E-state index is 12.3. The van der Waals surface area contributed by atoms with Crippen LogP contribution in [0.3, 0.4) is 0 Å². The van der Waals surface area contributed by atoms with Crippen molar-refractivity contribution in [2.45, 2.75) is 53.4 Å². The van der Waals surface area contributed by atoms with Crippen LogP contribution in [0.2, 0.25) is 5.15 Å². The molecule has 0 radical (unpaired) electrons. The zero-order valence-electron chi connectivity index (χ0n) is 13.4. The van der Waals surface area contributed by atoms with Gasteiger partial charge < -0.3 is 5.32 Å². The molecule has 1 heterocycles. The normalized spacial score (nSPS) is 22.9. The Balaban J connectivity index is 1.92. The van der Waals surface area contributed by atoms with E-state index in [0.717, 1.165) is 42.9 Å². The minimum atomic E-state index is 0.117. The van der Waals surface area contributed by atoms with Crippen molar-refractivity contribution in [2.24, 2.45) is 17.3 Å². The quantitative estimate of drug-likeness (QED) is 0.795. The predicted molar refractivity (Wildman–Crippen MR) is 87.5 cm³/mol. The largest absolute Gasteiger partial charge is 0.324 e. The van der Waals surface area contributed by atoms with Crippen molar-refractivity contribution in [1.82, 2.24) is 4.98 Å². The van der Waals surface area contributed by atoms with E-state index < -0.39 is 0 Å². The van der Waals surface area contributed by atoms with Crippen LogP contribution in [0.5, 0.6) is 0 Å². The summed E-state index contributed by atoms with van der Waals surface area (Å²) >= 11 is 5.90. The number of rotatable bonds is 2.